The van der Waals surface area contributed by atoms with Crippen LogP contribution in [0, 0.1) is 0 Å². The Morgan fingerprint density at radius 3 is 2.36 bits per heavy atom. The Labute approximate surface area is 70.3 Å². The zero-order valence-electron chi connectivity index (χ0n) is 8.18. The highest BCUT2D eigenvalue weighted by molar-refractivity contribution is 4.64. The van der Waals surface area contributed by atoms with Crippen molar-refractivity contribution in [1.82, 2.24) is 5.32 Å². The summed E-state index contributed by atoms with van der Waals surface area (Å²) in [4.78, 5) is 0. The third-order valence-electron chi connectivity index (χ3n) is 1.45. The average molecular weight is 159 g/mol. The number of rotatable bonds is 2. The number of hydrogen-bond acceptors (Lipinski definition) is 2. The fourth-order valence-corrected chi connectivity index (χ4v) is 1.08. The maximum atomic E-state index is 5.35. The highest BCUT2D eigenvalue weighted by Crippen LogP contribution is 2.09. The Morgan fingerprint density at radius 2 is 2.00 bits per heavy atom. The Kier molecular flexibility index (Phi) is 6.57. The summed E-state index contributed by atoms with van der Waals surface area (Å²) in [7, 11) is 0. The number of ether oxygens (including phenoxy) is 1. The van der Waals surface area contributed by atoms with Gasteiger partial charge in [-0.05, 0) is 26.7 Å². The summed E-state index contributed by atoms with van der Waals surface area (Å²) in [6.45, 7) is 9.22. The van der Waals surface area contributed by atoms with E-state index in [2.05, 4.69) is 19.2 Å². The molecule has 0 aromatic heterocycles. The molecule has 1 rings (SSSR count). The first-order valence-electron chi connectivity index (χ1n) is 4.66. The topological polar surface area (TPSA) is 21.3 Å². The van der Waals surface area contributed by atoms with Gasteiger partial charge in [0.1, 0.15) is 6.23 Å². The molecule has 1 unspecified atom stereocenters. The van der Waals surface area contributed by atoms with Crippen LogP contribution in [0.2, 0.25) is 0 Å². The van der Waals surface area contributed by atoms with Gasteiger partial charge in [0, 0.05) is 12.6 Å². The van der Waals surface area contributed by atoms with Crippen LogP contribution >= 0.6 is 0 Å². The first kappa shape index (κ1) is 10.9. The van der Waals surface area contributed by atoms with Crippen LogP contribution in [-0.4, -0.2) is 18.9 Å². The molecule has 2 nitrogen and oxygen atoms in total. The molecule has 68 valence electrons. The largest absolute Gasteiger partial charge is 0.363 e. The fourth-order valence-electron chi connectivity index (χ4n) is 1.08. The standard InChI is InChI=1S/C7H15NO.C2H6/c1-6(2)8-7-4-3-5-9-7;1-2/h6-8H,3-5H2,1-2H3;1-2H3. The second kappa shape index (κ2) is 6.62. The van der Waals surface area contributed by atoms with Gasteiger partial charge >= 0.3 is 0 Å². The van der Waals surface area contributed by atoms with Gasteiger partial charge in [0.2, 0.25) is 0 Å². The van der Waals surface area contributed by atoms with Crippen LogP contribution in [0.15, 0.2) is 0 Å². The first-order valence-corrected chi connectivity index (χ1v) is 4.66. The summed E-state index contributed by atoms with van der Waals surface area (Å²) in [5.74, 6) is 0. The maximum absolute atomic E-state index is 5.35. The summed E-state index contributed by atoms with van der Waals surface area (Å²) in [5, 5.41) is 3.32. The zero-order valence-corrected chi connectivity index (χ0v) is 8.18. The molecular weight excluding hydrogens is 138 g/mol. The highest BCUT2D eigenvalue weighted by atomic mass is 16.5. The molecule has 0 amide bonds. The Balaban J connectivity index is 0.000000461. The lowest BCUT2D eigenvalue weighted by Gasteiger charge is -2.14. The summed E-state index contributed by atoms with van der Waals surface area (Å²) in [6, 6.07) is 0.549. The molecule has 11 heavy (non-hydrogen) atoms. The molecule has 1 N–H and O–H groups in total. The van der Waals surface area contributed by atoms with Gasteiger partial charge in [-0.1, -0.05) is 13.8 Å². The highest BCUT2D eigenvalue weighted by Gasteiger charge is 2.14. The molecule has 0 aromatic carbocycles. The number of hydrogen-bond donors (Lipinski definition) is 1. The van der Waals surface area contributed by atoms with E-state index in [1.165, 1.54) is 12.8 Å². The monoisotopic (exact) mass is 159 g/mol. The van der Waals surface area contributed by atoms with Crippen LogP contribution in [-0.2, 0) is 4.74 Å². The smallest absolute Gasteiger partial charge is 0.108 e. The van der Waals surface area contributed by atoms with Crippen molar-refractivity contribution in [3.63, 3.8) is 0 Å². The van der Waals surface area contributed by atoms with Crippen LogP contribution in [0.25, 0.3) is 0 Å². The van der Waals surface area contributed by atoms with Gasteiger partial charge in [-0.3, -0.25) is 5.32 Å². The summed E-state index contributed by atoms with van der Waals surface area (Å²) in [6.07, 6.45) is 2.73. The van der Waals surface area contributed by atoms with E-state index in [4.69, 9.17) is 4.74 Å². The van der Waals surface area contributed by atoms with Gasteiger partial charge in [-0.25, -0.2) is 0 Å². The van der Waals surface area contributed by atoms with Crippen molar-refractivity contribution in [3.05, 3.63) is 0 Å². The van der Waals surface area contributed by atoms with Crippen molar-refractivity contribution in [2.75, 3.05) is 6.61 Å². The molecule has 2 heteroatoms. The number of nitrogens with one attached hydrogen (secondary N) is 1. The minimum absolute atomic E-state index is 0.338. The minimum atomic E-state index is 0.338. The summed E-state index contributed by atoms with van der Waals surface area (Å²) in [5.41, 5.74) is 0. The molecule has 0 radical (unpaired) electrons. The molecule has 1 aliphatic rings. The normalized spacial score (nSPS) is 23.2. The van der Waals surface area contributed by atoms with E-state index in [-0.39, 0.29) is 0 Å². The second-order valence-electron chi connectivity index (χ2n) is 2.82. The lowest BCUT2D eigenvalue weighted by atomic mass is 10.3. The molecule has 0 spiro atoms. The van der Waals surface area contributed by atoms with Crippen LogP contribution in [0.5, 0.6) is 0 Å². The molecule has 1 aliphatic heterocycles. The van der Waals surface area contributed by atoms with Gasteiger partial charge in [-0.15, -0.1) is 0 Å². The maximum Gasteiger partial charge on any atom is 0.108 e. The Hall–Kier alpha value is -0.0800. The van der Waals surface area contributed by atoms with Crippen molar-refractivity contribution >= 4 is 0 Å². The summed E-state index contributed by atoms with van der Waals surface area (Å²) >= 11 is 0. The van der Waals surface area contributed by atoms with E-state index in [9.17, 15) is 0 Å². The second-order valence-corrected chi connectivity index (χ2v) is 2.82. The third kappa shape index (κ3) is 5.22. The van der Waals surface area contributed by atoms with Crippen molar-refractivity contribution in [3.8, 4) is 0 Å². The first-order chi connectivity index (χ1) is 5.29. The van der Waals surface area contributed by atoms with Gasteiger partial charge in [0.25, 0.3) is 0 Å². The molecule has 0 aromatic rings. The quantitative estimate of drug-likeness (QED) is 0.666. The Morgan fingerprint density at radius 1 is 1.36 bits per heavy atom. The Bertz CT molecular complexity index is 77.6. The lowest BCUT2D eigenvalue weighted by molar-refractivity contribution is 0.0775. The molecule has 0 aliphatic carbocycles. The molecule has 0 saturated carbocycles. The van der Waals surface area contributed by atoms with Crippen molar-refractivity contribution in [2.45, 2.75) is 52.8 Å². The van der Waals surface area contributed by atoms with E-state index in [1.54, 1.807) is 0 Å². The van der Waals surface area contributed by atoms with Crippen molar-refractivity contribution in [2.24, 2.45) is 0 Å². The predicted octanol–water partition coefficient (Wildman–Crippen LogP) is 2.15. The van der Waals surface area contributed by atoms with Crippen molar-refractivity contribution < 1.29 is 4.74 Å². The van der Waals surface area contributed by atoms with Gasteiger partial charge in [0.15, 0.2) is 0 Å². The summed E-state index contributed by atoms with van der Waals surface area (Å²) < 4.78 is 5.35. The van der Waals surface area contributed by atoms with Crippen LogP contribution < -0.4 is 5.32 Å². The fraction of sp³-hybridized carbons (Fsp3) is 1.00. The molecule has 0 bridgehead atoms. The molecule has 1 saturated heterocycles. The SMILES string of the molecule is CC.CC(C)NC1CCCO1. The van der Waals surface area contributed by atoms with Crippen LogP contribution in [0.3, 0.4) is 0 Å². The molecule has 1 fully saturated rings. The van der Waals surface area contributed by atoms with E-state index in [1.807, 2.05) is 13.8 Å². The van der Waals surface area contributed by atoms with E-state index in [0.717, 1.165) is 6.61 Å². The molecule has 1 heterocycles. The van der Waals surface area contributed by atoms with E-state index < -0.39 is 0 Å². The van der Waals surface area contributed by atoms with Gasteiger partial charge < -0.3 is 4.74 Å². The average Bonchev–Trinajstić information content (AvgIpc) is 2.43. The van der Waals surface area contributed by atoms with E-state index >= 15 is 0 Å². The predicted molar refractivity (Wildman–Crippen MR) is 48.6 cm³/mol. The van der Waals surface area contributed by atoms with Crippen molar-refractivity contribution in [1.29, 1.82) is 0 Å². The van der Waals surface area contributed by atoms with Gasteiger partial charge in [0.05, 0.1) is 0 Å². The minimum Gasteiger partial charge on any atom is -0.363 e. The molecular formula is C9H21NO. The van der Waals surface area contributed by atoms with E-state index in [0.29, 0.717) is 12.3 Å². The zero-order chi connectivity index (χ0) is 8.69. The third-order valence-corrected chi connectivity index (χ3v) is 1.45. The van der Waals surface area contributed by atoms with Gasteiger partial charge in [-0.2, -0.15) is 0 Å². The van der Waals surface area contributed by atoms with Crippen LogP contribution in [0.4, 0.5) is 0 Å². The van der Waals surface area contributed by atoms with Crippen LogP contribution in [0.1, 0.15) is 40.5 Å². The lowest BCUT2D eigenvalue weighted by Crippen LogP contribution is -2.33. The molecule has 1 atom stereocenters.